The molecule has 2 amide bonds. The summed E-state index contributed by atoms with van der Waals surface area (Å²) in [7, 11) is -4.17. The van der Waals surface area contributed by atoms with Crippen LogP contribution < -0.4 is 9.62 Å². The number of sulfonamides is 1. The standard InChI is InChI=1S/C34H35Cl2N3O4S/c1-24(2)37-34(41)32(20-26-13-6-4-7-14-26)38(22-27-18-19-28(35)21-30(27)36)33(40)23-39(31-17-11-10-12-25(31)3)44(42,43)29-15-8-5-9-16-29/h4-19,21,24,32H,20,22-23H2,1-3H3,(H,37,41)/t32-/m0/s1. The van der Waals surface area contributed by atoms with Gasteiger partial charge in [-0.1, -0.05) is 96.0 Å². The fraction of sp³-hybridized carbons (Fsp3) is 0.235. The highest BCUT2D eigenvalue weighted by Crippen LogP contribution is 2.29. The van der Waals surface area contributed by atoms with Crippen LogP contribution in [-0.4, -0.2) is 43.8 Å². The number of para-hydroxylation sites is 1. The highest BCUT2D eigenvalue weighted by molar-refractivity contribution is 7.92. The van der Waals surface area contributed by atoms with Crippen molar-refractivity contribution in [2.24, 2.45) is 0 Å². The normalized spacial score (nSPS) is 12.0. The predicted octanol–water partition coefficient (Wildman–Crippen LogP) is 6.66. The molecule has 0 aliphatic carbocycles. The minimum Gasteiger partial charge on any atom is -0.352 e. The number of aryl methyl sites for hydroxylation is 1. The first-order chi connectivity index (χ1) is 21.0. The Morgan fingerprint density at radius 2 is 1.45 bits per heavy atom. The number of nitrogens with one attached hydrogen (secondary N) is 1. The monoisotopic (exact) mass is 651 g/mol. The molecule has 10 heteroatoms. The van der Waals surface area contributed by atoms with Crippen molar-refractivity contribution in [1.29, 1.82) is 0 Å². The van der Waals surface area contributed by atoms with Crippen LogP contribution in [0.5, 0.6) is 0 Å². The van der Waals surface area contributed by atoms with Gasteiger partial charge in [-0.3, -0.25) is 13.9 Å². The summed E-state index contributed by atoms with van der Waals surface area (Å²) in [4.78, 5) is 29.7. The molecule has 1 N–H and O–H groups in total. The Labute approximate surface area is 269 Å². The maximum atomic E-state index is 14.5. The van der Waals surface area contributed by atoms with E-state index in [1.807, 2.05) is 44.2 Å². The lowest BCUT2D eigenvalue weighted by molar-refractivity contribution is -0.140. The second kappa shape index (κ2) is 14.8. The maximum absolute atomic E-state index is 14.5. The molecule has 7 nitrogen and oxygen atoms in total. The van der Waals surface area contributed by atoms with E-state index in [9.17, 15) is 18.0 Å². The van der Waals surface area contributed by atoms with E-state index in [4.69, 9.17) is 23.2 Å². The van der Waals surface area contributed by atoms with Gasteiger partial charge in [0.05, 0.1) is 10.6 Å². The Morgan fingerprint density at radius 3 is 2.07 bits per heavy atom. The number of hydrogen-bond donors (Lipinski definition) is 1. The summed E-state index contributed by atoms with van der Waals surface area (Å²) in [6.07, 6.45) is 0.201. The molecular formula is C34H35Cl2N3O4S. The number of anilines is 1. The van der Waals surface area contributed by atoms with Crippen molar-refractivity contribution in [2.45, 2.75) is 50.7 Å². The first kappa shape index (κ1) is 33.1. The Hall–Kier alpha value is -3.85. The lowest BCUT2D eigenvalue weighted by Crippen LogP contribution is -2.54. The summed E-state index contributed by atoms with van der Waals surface area (Å²) in [5, 5.41) is 3.69. The molecule has 4 aromatic carbocycles. The zero-order valence-corrected chi connectivity index (χ0v) is 27.1. The minimum atomic E-state index is -4.17. The fourth-order valence-corrected chi connectivity index (χ4v) is 6.81. The molecule has 1 atom stereocenters. The van der Waals surface area contributed by atoms with E-state index in [0.29, 0.717) is 26.9 Å². The third-order valence-electron chi connectivity index (χ3n) is 7.05. The van der Waals surface area contributed by atoms with Gasteiger partial charge in [-0.15, -0.1) is 0 Å². The van der Waals surface area contributed by atoms with Crippen molar-refractivity contribution in [3.05, 3.63) is 130 Å². The van der Waals surface area contributed by atoms with Crippen LogP contribution in [0.2, 0.25) is 10.0 Å². The van der Waals surface area contributed by atoms with Crippen molar-refractivity contribution >= 4 is 50.7 Å². The van der Waals surface area contributed by atoms with Gasteiger partial charge in [-0.2, -0.15) is 0 Å². The van der Waals surface area contributed by atoms with Gasteiger partial charge in [-0.25, -0.2) is 8.42 Å². The van der Waals surface area contributed by atoms with E-state index in [1.165, 1.54) is 17.0 Å². The molecule has 230 valence electrons. The number of benzene rings is 4. The van der Waals surface area contributed by atoms with Crippen LogP contribution in [0.15, 0.2) is 108 Å². The highest BCUT2D eigenvalue weighted by atomic mass is 35.5. The number of halogens is 2. The summed E-state index contributed by atoms with van der Waals surface area (Å²) in [5.74, 6) is -0.936. The van der Waals surface area contributed by atoms with Gasteiger partial charge in [-0.05, 0) is 67.8 Å². The van der Waals surface area contributed by atoms with Crippen molar-refractivity contribution in [3.63, 3.8) is 0 Å². The zero-order chi connectivity index (χ0) is 31.9. The van der Waals surface area contributed by atoms with Crippen molar-refractivity contribution < 1.29 is 18.0 Å². The third kappa shape index (κ3) is 8.20. The Kier molecular flexibility index (Phi) is 11.1. The molecule has 0 spiro atoms. The largest absolute Gasteiger partial charge is 0.352 e. The third-order valence-corrected chi connectivity index (χ3v) is 9.41. The Bertz CT molecular complexity index is 1700. The van der Waals surface area contributed by atoms with Crippen LogP contribution in [0.4, 0.5) is 5.69 Å². The van der Waals surface area contributed by atoms with Gasteiger partial charge >= 0.3 is 0 Å². The average Bonchev–Trinajstić information content (AvgIpc) is 2.99. The summed E-state index contributed by atoms with van der Waals surface area (Å²) >= 11 is 12.7. The fourth-order valence-electron chi connectivity index (χ4n) is 4.84. The van der Waals surface area contributed by atoms with E-state index in [0.717, 1.165) is 9.87 Å². The molecule has 0 aliphatic rings. The second-order valence-electron chi connectivity index (χ2n) is 10.7. The van der Waals surface area contributed by atoms with Gasteiger partial charge in [0.25, 0.3) is 10.0 Å². The van der Waals surface area contributed by atoms with Crippen molar-refractivity contribution in [2.75, 3.05) is 10.8 Å². The summed E-state index contributed by atoms with van der Waals surface area (Å²) in [6, 6.07) is 28.1. The summed E-state index contributed by atoms with van der Waals surface area (Å²) in [5.41, 5.74) is 2.43. The molecule has 4 rings (SSSR count). The molecule has 0 saturated carbocycles. The van der Waals surface area contributed by atoms with Gasteiger partial charge in [0.1, 0.15) is 12.6 Å². The number of amides is 2. The Morgan fingerprint density at radius 1 is 0.841 bits per heavy atom. The number of carbonyl (C=O) groups excluding carboxylic acids is 2. The molecule has 0 fully saturated rings. The zero-order valence-electron chi connectivity index (χ0n) is 24.8. The molecule has 0 unspecified atom stereocenters. The lowest BCUT2D eigenvalue weighted by Gasteiger charge is -2.34. The molecule has 44 heavy (non-hydrogen) atoms. The molecule has 0 radical (unpaired) electrons. The summed E-state index contributed by atoms with van der Waals surface area (Å²) < 4.78 is 29.3. The van der Waals surface area contributed by atoms with Gasteiger partial charge < -0.3 is 10.2 Å². The smallest absolute Gasteiger partial charge is 0.264 e. The van der Waals surface area contributed by atoms with Crippen LogP contribution in [-0.2, 0) is 32.6 Å². The first-order valence-corrected chi connectivity index (χ1v) is 16.4. The topological polar surface area (TPSA) is 86.8 Å². The number of hydrogen-bond acceptors (Lipinski definition) is 4. The molecular weight excluding hydrogens is 617 g/mol. The lowest BCUT2D eigenvalue weighted by atomic mass is 10.0. The first-order valence-electron chi connectivity index (χ1n) is 14.2. The number of carbonyl (C=O) groups is 2. The van der Waals surface area contributed by atoms with E-state index in [-0.39, 0.29) is 29.8 Å². The second-order valence-corrected chi connectivity index (χ2v) is 13.4. The van der Waals surface area contributed by atoms with E-state index in [2.05, 4.69) is 5.32 Å². The quantitative estimate of drug-likeness (QED) is 0.186. The molecule has 0 aliphatic heterocycles. The average molecular weight is 653 g/mol. The van der Waals surface area contributed by atoms with Crippen LogP contribution in [0.1, 0.15) is 30.5 Å². The van der Waals surface area contributed by atoms with Crippen LogP contribution in [0.3, 0.4) is 0 Å². The SMILES string of the molecule is Cc1ccccc1N(CC(=O)N(Cc1ccc(Cl)cc1Cl)[C@@H](Cc1ccccc1)C(=O)NC(C)C)S(=O)(=O)c1ccccc1. The van der Waals surface area contributed by atoms with E-state index < -0.39 is 28.5 Å². The highest BCUT2D eigenvalue weighted by Gasteiger charge is 2.35. The van der Waals surface area contributed by atoms with Crippen LogP contribution in [0.25, 0.3) is 0 Å². The molecule has 4 aromatic rings. The van der Waals surface area contributed by atoms with Gasteiger partial charge in [0.15, 0.2) is 0 Å². The minimum absolute atomic E-state index is 0.0433. The maximum Gasteiger partial charge on any atom is 0.264 e. The number of rotatable bonds is 12. The van der Waals surface area contributed by atoms with E-state index >= 15 is 0 Å². The van der Waals surface area contributed by atoms with Crippen molar-refractivity contribution in [3.8, 4) is 0 Å². The Balaban J connectivity index is 1.83. The van der Waals surface area contributed by atoms with Crippen LogP contribution in [0, 0.1) is 6.92 Å². The molecule has 0 heterocycles. The predicted molar refractivity (Wildman–Crippen MR) is 176 cm³/mol. The molecule has 0 bridgehead atoms. The number of nitrogens with zero attached hydrogens (tertiary/aromatic N) is 2. The van der Waals surface area contributed by atoms with Gasteiger partial charge in [0.2, 0.25) is 11.8 Å². The summed E-state index contributed by atoms with van der Waals surface area (Å²) in [6.45, 7) is 4.86. The van der Waals surface area contributed by atoms with E-state index in [1.54, 1.807) is 67.6 Å². The van der Waals surface area contributed by atoms with Crippen molar-refractivity contribution in [1.82, 2.24) is 10.2 Å². The van der Waals surface area contributed by atoms with Gasteiger partial charge in [0, 0.05) is 29.1 Å². The molecule has 0 aromatic heterocycles. The van der Waals surface area contributed by atoms with Crippen LogP contribution >= 0.6 is 23.2 Å². The molecule has 0 saturated heterocycles.